The number of benzene rings is 1. The van der Waals surface area contributed by atoms with Crippen molar-refractivity contribution < 1.29 is 14.3 Å². The second-order valence-electron chi connectivity index (χ2n) is 7.07. The Morgan fingerprint density at radius 1 is 1.15 bits per heavy atom. The number of amides is 1. The minimum atomic E-state index is -0.325. The van der Waals surface area contributed by atoms with Gasteiger partial charge in [-0.2, -0.15) is 0 Å². The molecule has 0 radical (unpaired) electrons. The van der Waals surface area contributed by atoms with E-state index in [2.05, 4.69) is 17.4 Å². The summed E-state index contributed by atoms with van der Waals surface area (Å²) in [7, 11) is 1.39. The first-order chi connectivity index (χ1) is 12.7. The van der Waals surface area contributed by atoms with E-state index in [4.69, 9.17) is 4.74 Å². The Morgan fingerprint density at radius 2 is 2.00 bits per heavy atom. The zero-order valence-corrected chi connectivity index (χ0v) is 15.4. The summed E-state index contributed by atoms with van der Waals surface area (Å²) in [5, 5.41) is 3.24. The summed E-state index contributed by atoms with van der Waals surface area (Å²) < 4.78 is 4.83. The fraction of sp³-hybridized carbons (Fsp3) is 0.455. The number of hydrogen-bond donors (Lipinski definition) is 1. The lowest BCUT2D eigenvalue weighted by atomic mass is 9.82. The van der Waals surface area contributed by atoms with Crippen molar-refractivity contribution in [3.63, 3.8) is 0 Å². The van der Waals surface area contributed by atoms with Gasteiger partial charge in [0.05, 0.1) is 18.6 Å². The standard InChI is InChI=1S/C22H27NO3/c1-26-22(25)17-9-3-2-4-11-18(15-14-17)23-21(24)20-13-7-10-16-8-5-6-12-19(16)20/h3,5-6,8-9,12,14,18,20H,2,4,7,10-11,13,15H2,1H3,(H,23,24). The van der Waals surface area contributed by atoms with Crippen molar-refractivity contribution in [3.8, 4) is 0 Å². The maximum absolute atomic E-state index is 12.9. The molecule has 138 valence electrons. The molecule has 0 bridgehead atoms. The summed E-state index contributed by atoms with van der Waals surface area (Å²) in [6, 6.07) is 8.33. The molecule has 0 saturated carbocycles. The van der Waals surface area contributed by atoms with Crippen molar-refractivity contribution in [1.29, 1.82) is 0 Å². The summed E-state index contributed by atoms with van der Waals surface area (Å²) >= 11 is 0. The van der Waals surface area contributed by atoms with Crippen LogP contribution >= 0.6 is 0 Å². The normalized spacial score (nSPS) is 22.9. The van der Waals surface area contributed by atoms with E-state index < -0.39 is 0 Å². The molecule has 0 fully saturated rings. The number of carbonyl (C=O) groups is 2. The molecule has 0 spiro atoms. The second-order valence-corrected chi connectivity index (χ2v) is 7.07. The van der Waals surface area contributed by atoms with Gasteiger partial charge < -0.3 is 10.1 Å². The molecule has 3 rings (SSSR count). The molecule has 2 unspecified atom stereocenters. The van der Waals surface area contributed by atoms with E-state index in [1.165, 1.54) is 18.2 Å². The van der Waals surface area contributed by atoms with Gasteiger partial charge in [0.15, 0.2) is 0 Å². The molecule has 0 aliphatic heterocycles. The number of rotatable bonds is 3. The largest absolute Gasteiger partial charge is 0.465 e. The van der Waals surface area contributed by atoms with E-state index in [9.17, 15) is 9.59 Å². The SMILES string of the molecule is COC(=O)C1=CCC(NC(=O)C2CCCc3ccccc32)CCCC=C1. The van der Waals surface area contributed by atoms with Crippen molar-refractivity contribution in [2.45, 2.75) is 56.9 Å². The van der Waals surface area contributed by atoms with E-state index in [0.29, 0.717) is 12.0 Å². The molecule has 2 atom stereocenters. The summed E-state index contributed by atoms with van der Waals surface area (Å²) in [6.07, 6.45) is 12.2. The van der Waals surface area contributed by atoms with Gasteiger partial charge in [0.2, 0.25) is 5.91 Å². The number of allylic oxidation sites excluding steroid dienone is 1. The summed E-state index contributed by atoms with van der Waals surface area (Å²) in [4.78, 5) is 24.8. The number of hydrogen-bond acceptors (Lipinski definition) is 3. The van der Waals surface area contributed by atoms with Crippen LogP contribution in [0.5, 0.6) is 0 Å². The van der Waals surface area contributed by atoms with Crippen LogP contribution in [0.4, 0.5) is 0 Å². The molecule has 1 aromatic carbocycles. The van der Waals surface area contributed by atoms with Gasteiger partial charge in [-0.3, -0.25) is 4.79 Å². The number of nitrogens with one attached hydrogen (secondary N) is 1. The van der Waals surface area contributed by atoms with Crippen LogP contribution in [0.2, 0.25) is 0 Å². The maximum atomic E-state index is 12.9. The zero-order chi connectivity index (χ0) is 18.4. The Balaban J connectivity index is 1.70. The molecule has 1 N–H and O–H groups in total. The van der Waals surface area contributed by atoms with Crippen molar-refractivity contribution in [2.24, 2.45) is 0 Å². The molecule has 0 heterocycles. The van der Waals surface area contributed by atoms with Crippen molar-refractivity contribution in [3.05, 3.63) is 59.2 Å². The Bertz CT molecular complexity index is 720. The van der Waals surface area contributed by atoms with E-state index in [1.807, 2.05) is 30.4 Å². The smallest absolute Gasteiger partial charge is 0.337 e. The Kier molecular flexibility index (Phi) is 6.26. The molecule has 4 nitrogen and oxygen atoms in total. The van der Waals surface area contributed by atoms with Gasteiger partial charge in [0, 0.05) is 6.04 Å². The monoisotopic (exact) mass is 353 g/mol. The lowest BCUT2D eigenvalue weighted by molar-refractivity contribution is -0.135. The number of methoxy groups -OCH3 is 1. The Labute approximate surface area is 155 Å². The van der Waals surface area contributed by atoms with Crippen LogP contribution in [-0.4, -0.2) is 25.0 Å². The van der Waals surface area contributed by atoms with Crippen LogP contribution in [0.15, 0.2) is 48.1 Å². The maximum Gasteiger partial charge on any atom is 0.337 e. The van der Waals surface area contributed by atoms with E-state index in [1.54, 1.807) is 0 Å². The molecule has 0 aromatic heterocycles. The minimum Gasteiger partial charge on any atom is -0.465 e. The van der Waals surface area contributed by atoms with Crippen LogP contribution < -0.4 is 5.32 Å². The molecular weight excluding hydrogens is 326 g/mol. The average molecular weight is 353 g/mol. The number of ether oxygens (including phenoxy) is 1. The van der Waals surface area contributed by atoms with Crippen LogP contribution in [-0.2, 0) is 20.7 Å². The second kappa shape index (κ2) is 8.84. The molecule has 1 amide bonds. The first-order valence-corrected chi connectivity index (χ1v) is 9.52. The fourth-order valence-electron chi connectivity index (χ4n) is 3.88. The van der Waals surface area contributed by atoms with Crippen LogP contribution in [0.3, 0.4) is 0 Å². The number of carbonyl (C=O) groups excluding carboxylic acids is 2. The summed E-state index contributed by atoms with van der Waals surface area (Å²) in [5.41, 5.74) is 3.04. The average Bonchev–Trinajstić information content (AvgIpc) is 2.79. The van der Waals surface area contributed by atoms with Gasteiger partial charge in [0.25, 0.3) is 0 Å². The van der Waals surface area contributed by atoms with E-state index in [-0.39, 0.29) is 23.8 Å². The van der Waals surface area contributed by atoms with Crippen LogP contribution in [0.25, 0.3) is 0 Å². The molecule has 0 saturated heterocycles. The van der Waals surface area contributed by atoms with Crippen LogP contribution in [0.1, 0.15) is 55.6 Å². The van der Waals surface area contributed by atoms with Crippen LogP contribution in [0, 0.1) is 0 Å². The molecule has 2 aliphatic rings. The van der Waals surface area contributed by atoms with Crippen molar-refractivity contribution >= 4 is 11.9 Å². The Morgan fingerprint density at radius 3 is 2.85 bits per heavy atom. The van der Waals surface area contributed by atoms with Gasteiger partial charge in [-0.25, -0.2) is 4.79 Å². The van der Waals surface area contributed by atoms with Gasteiger partial charge in [-0.15, -0.1) is 0 Å². The molecule has 26 heavy (non-hydrogen) atoms. The highest BCUT2D eigenvalue weighted by atomic mass is 16.5. The highest BCUT2D eigenvalue weighted by Gasteiger charge is 2.27. The summed E-state index contributed by atoms with van der Waals surface area (Å²) in [6.45, 7) is 0. The van der Waals surface area contributed by atoms with E-state index in [0.717, 1.165) is 38.5 Å². The van der Waals surface area contributed by atoms with E-state index >= 15 is 0 Å². The topological polar surface area (TPSA) is 55.4 Å². The first-order valence-electron chi connectivity index (χ1n) is 9.52. The van der Waals surface area contributed by atoms with Crippen molar-refractivity contribution in [1.82, 2.24) is 5.32 Å². The predicted molar refractivity (Wildman–Crippen MR) is 102 cm³/mol. The summed E-state index contributed by atoms with van der Waals surface area (Å²) in [5.74, 6) is -0.272. The lowest BCUT2D eigenvalue weighted by Crippen LogP contribution is -2.39. The minimum absolute atomic E-state index is 0.0520. The highest BCUT2D eigenvalue weighted by molar-refractivity contribution is 5.91. The van der Waals surface area contributed by atoms with Gasteiger partial charge in [0.1, 0.15) is 0 Å². The predicted octanol–water partition coefficient (Wildman–Crippen LogP) is 3.82. The molecule has 1 aromatic rings. The number of esters is 1. The zero-order valence-electron chi connectivity index (χ0n) is 15.4. The third-order valence-corrected chi connectivity index (χ3v) is 5.30. The third-order valence-electron chi connectivity index (χ3n) is 5.30. The van der Waals surface area contributed by atoms with Crippen molar-refractivity contribution in [2.75, 3.05) is 7.11 Å². The van der Waals surface area contributed by atoms with Gasteiger partial charge in [-0.05, 0) is 56.1 Å². The van der Waals surface area contributed by atoms with Gasteiger partial charge in [-0.1, -0.05) is 42.5 Å². The van der Waals surface area contributed by atoms with Gasteiger partial charge >= 0.3 is 5.97 Å². The number of aryl methyl sites for hydroxylation is 1. The quantitative estimate of drug-likeness (QED) is 0.841. The lowest BCUT2D eigenvalue weighted by Gasteiger charge is -2.27. The Hall–Kier alpha value is -2.36. The molecule has 2 aliphatic carbocycles. The molecule has 4 heteroatoms. The fourth-order valence-corrected chi connectivity index (χ4v) is 3.88. The first kappa shape index (κ1) is 18.4. The number of fused-ring (bicyclic) bond motifs is 1. The molecular formula is C22H27NO3. The highest BCUT2D eigenvalue weighted by Crippen LogP contribution is 2.31. The third kappa shape index (κ3) is 4.43.